The van der Waals surface area contributed by atoms with E-state index in [1.165, 1.54) is 0 Å². The number of ether oxygens (including phenoxy) is 1. The van der Waals surface area contributed by atoms with E-state index >= 15 is 0 Å². The minimum atomic E-state index is -0.619. The van der Waals surface area contributed by atoms with Gasteiger partial charge in [0.2, 0.25) is 11.8 Å². The summed E-state index contributed by atoms with van der Waals surface area (Å²) in [6, 6.07) is 9.13. The van der Waals surface area contributed by atoms with Crippen molar-refractivity contribution in [3.05, 3.63) is 35.9 Å². The lowest BCUT2D eigenvalue weighted by molar-refractivity contribution is -0.147. The minimum absolute atomic E-state index is 0.0922. The molecule has 3 amide bonds. The number of hydrogen-bond donors (Lipinski definition) is 2. The smallest absolute Gasteiger partial charge is 0.306 e. The van der Waals surface area contributed by atoms with Gasteiger partial charge < -0.3 is 10.5 Å². The lowest BCUT2D eigenvalue weighted by atomic mass is 10.2. The quantitative estimate of drug-likeness (QED) is 0.373. The molecule has 0 fully saturated rings. The molecule has 3 N–H and O–H groups in total. The number of esters is 1. The molecule has 0 aliphatic carbocycles. The van der Waals surface area contributed by atoms with Crippen LogP contribution in [0.4, 0.5) is 0 Å². The molecule has 0 aliphatic heterocycles. The predicted molar refractivity (Wildman–Crippen MR) is 89.9 cm³/mol. The van der Waals surface area contributed by atoms with Gasteiger partial charge in [-0.2, -0.15) is 0 Å². The van der Waals surface area contributed by atoms with Gasteiger partial charge in [-0.05, 0) is 5.56 Å². The first-order valence-corrected chi connectivity index (χ1v) is 8.09. The second-order valence-corrected chi connectivity index (χ2v) is 5.34. The van der Waals surface area contributed by atoms with Gasteiger partial charge in [0.05, 0.1) is 13.0 Å². The summed E-state index contributed by atoms with van der Waals surface area (Å²) in [5, 5.41) is 0.912. The molecule has 0 unspecified atom stereocenters. The molecule has 0 radical (unpaired) electrons. The Balaban J connectivity index is 2.36. The van der Waals surface area contributed by atoms with Crippen LogP contribution >= 0.6 is 11.6 Å². The fourth-order valence-electron chi connectivity index (χ4n) is 1.77. The van der Waals surface area contributed by atoms with Crippen molar-refractivity contribution >= 4 is 35.3 Å². The Morgan fingerprint density at radius 1 is 1.08 bits per heavy atom. The Labute approximate surface area is 150 Å². The molecule has 0 heterocycles. The Kier molecular flexibility index (Phi) is 9.02. The lowest BCUT2D eigenvalue weighted by Gasteiger charge is -2.21. The topological polar surface area (TPSA) is 119 Å². The van der Waals surface area contributed by atoms with Crippen LogP contribution < -0.4 is 11.2 Å². The molecule has 136 valence electrons. The Morgan fingerprint density at radius 3 is 2.36 bits per heavy atom. The number of nitrogens with zero attached hydrogens (tertiary/aromatic N) is 1. The number of alkyl halides is 1. The molecule has 0 saturated heterocycles. The highest BCUT2D eigenvalue weighted by atomic mass is 35.5. The number of rotatable bonds is 9. The van der Waals surface area contributed by atoms with Crippen molar-refractivity contribution in [2.75, 3.05) is 12.4 Å². The van der Waals surface area contributed by atoms with Crippen LogP contribution in [0, 0.1) is 0 Å². The van der Waals surface area contributed by atoms with Crippen molar-refractivity contribution in [3.63, 3.8) is 0 Å². The average Bonchev–Trinajstić information content (AvgIpc) is 2.61. The maximum absolute atomic E-state index is 11.8. The molecule has 9 heteroatoms. The monoisotopic (exact) mass is 369 g/mol. The number of carbonyl (C=O) groups excluding carboxylic acids is 4. The van der Waals surface area contributed by atoms with E-state index in [9.17, 15) is 19.2 Å². The minimum Gasteiger partial charge on any atom is -0.461 e. The SMILES string of the molecule is NC(=O)CCN(NC(=O)CCC(=O)OCc1ccccc1)C(=O)CCl. The molecule has 0 bridgehead atoms. The summed E-state index contributed by atoms with van der Waals surface area (Å²) in [4.78, 5) is 45.8. The van der Waals surface area contributed by atoms with Gasteiger partial charge in [0.15, 0.2) is 0 Å². The summed E-state index contributed by atoms with van der Waals surface area (Å²) in [6.07, 6.45) is -0.435. The molecule has 0 aromatic heterocycles. The highest BCUT2D eigenvalue weighted by Crippen LogP contribution is 2.03. The van der Waals surface area contributed by atoms with E-state index in [4.69, 9.17) is 22.1 Å². The van der Waals surface area contributed by atoms with Crippen LogP contribution in [-0.2, 0) is 30.5 Å². The van der Waals surface area contributed by atoms with E-state index in [2.05, 4.69) is 5.43 Å². The molecule has 0 saturated carbocycles. The van der Waals surface area contributed by atoms with Crippen molar-refractivity contribution < 1.29 is 23.9 Å². The van der Waals surface area contributed by atoms with E-state index < -0.39 is 23.7 Å². The summed E-state index contributed by atoms with van der Waals surface area (Å²) < 4.78 is 5.05. The number of nitrogens with two attached hydrogens (primary N) is 1. The third-order valence-corrected chi connectivity index (χ3v) is 3.28. The Bertz CT molecular complexity index is 609. The highest BCUT2D eigenvalue weighted by Gasteiger charge is 2.17. The third kappa shape index (κ3) is 8.71. The summed E-state index contributed by atoms with van der Waals surface area (Å²) >= 11 is 5.44. The summed E-state index contributed by atoms with van der Waals surface area (Å²) in [6.45, 7) is 0.0296. The first-order chi connectivity index (χ1) is 11.9. The standard InChI is InChI=1S/C16H20ClN3O5/c17-10-15(23)20(9-8-13(18)21)19-14(22)6-7-16(24)25-11-12-4-2-1-3-5-12/h1-5H,6-11H2,(H2,18,21)(H,19,22). The van der Waals surface area contributed by atoms with Crippen LogP contribution in [0.3, 0.4) is 0 Å². The fourth-order valence-corrected chi connectivity index (χ4v) is 1.91. The van der Waals surface area contributed by atoms with E-state index in [1.54, 1.807) is 0 Å². The van der Waals surface area contributed by atoms with E-state index in [0.717, 1.165) is 10.6 Å². The summed E-state index contributed by atoms with van der Waals surface area (Å²) in [5.74, 6) is -2.67. The first kappa shape index (κ1) is 20.4. The molecule has 8 nitrogen and oxygen atoms in total. The Hall–Kier alpha value is -2.61. The number of nitrogens with one attached hydrogen (secondary N) is 1. The second-order valence-electron chi connectivity index (χ2n) is 5.08. The van der Waals surface area contributed by atoms with Crippen LogP contribution in [0.5, 0.6) is 0 Å². The third-order valence-electron chi connectivity index (χ3n) is 3.06. The van der Waals surface area contributed by atoms with E-state index in [0.29, 0.717) is 0 Å². The van der Waals surface area contributed by atoms with E-state index in [1.807, 2.05) is 30.3 Å². The molecule has 0 atom stereocenters. The molecule has 1 aromatic rings. The molecule has 1 aromatic carbocycles. The number of hydrazine groups is 1. The summed E-state index contributed by atoms with van der Waals surface area (Å²) in [5.41, 5.74) is 8.14. The summed E-state index contributed by atoms with van der Waals surface area (Å²) in [7, 11) is 0. The molecular formula is C16H20ClN3O5. The van der Waals surface area contributed by atoms with Crippen molar-refractivity contribution in [1.29, 1.82) is 0 Å². The number of halogens is 1. The van der Waals surface area contributed by atoms with Gasteiger partial charge in [-0.15, -0.1) is 11.6 Å². The zero-order valence-electron chi connectivity index (χ0n) is 13.6. The first-order valence-electron chi connectivity index (χ1n) is 7.56. The number of primary amides is 1. The fraction of sp³-hybridized carbons (Fsp3) is 0.375. The zero-order valence-corrected chi connectivity index (χ0v) is 14.3. The van der Waals surface area contributed by atoms with Crippen LogP contribution in [0.1, 0.15) is 24.8 Å². The lowest BCUT2D eigenvalue weighted by Crippen LogP contribution is -2.48. The van der Waals surface area contributed by atoms with Crippen molar-refractivity contribution in [2.24, 2.45) is 5.73 Å². The van der Waals surface area contributed by atoms with Crippen molar-refractivity contribution in [1.82, 2.24) is 10.4 Å². The van der Waals surface area contributed by atoms with Crippen LogP contribution in [0.2, 0.25) is 0 Å². The van der Waals surface area contributed by atoms with Gasteiger partial charge in [-0.25, -0.2) is 0 Å². The molecule has 0 aliphatic rings. The van der Waals surface area contributed by atoms with Gasteiger partial charge in [-0.1, -0.05) is 30.3 Å². The van der Waals surface area contributed by atoms with Crippen molar-refractivity contribution in [3.8, 4) is 0 Å². The normalized spacial score (nSPS) is 9.96. The average molecular weight is 370 g/mol. The highest BCUT2D eigenvalue weighted by molar-refractivity contribution is 6.27. The maximum Gasteiger partial charge on any atom is 0.306 e. The molecular weight excluding hydrogens is 350 g/mol. The van der Waals surface area contributed by atoms with Crippen LogP contribution in [0.25, 0.3) is 0 Å². The van der Waals surface area contributed by atoms with Gasteiger partial charge >= 0.3 is 5.97 Å². The molecule has 1 rings (SSSR count). The zero-order chi connectivity index (χ0) is 18.7. The number of benzene rings is 1. The van der Waals surface area contributed by atoms with Gasteiger partial charge in [-0.3, -0.25) is 29.6 Å². The van der Waals surface area contributed by atoms with Gasteiger partial charge in [0, 0.05) is 12.8 Å². The number of amides is 3. The largest absolute Gasteiger partial charge is 0.461 e. The number of carbonyl (C=O) groups is 4. The Morgan fingerprint density at radius 2 is 1.76 bits per heavy atom. The number of hydrogen-bond acceptors (Lipinski definition) is 5. The second kappa shape index (κ2) is 11.0. The van der Waals surface area contributed by atoms with Crippen LogP contribution in [0.15, 0.2) is 30.3 Å². The van der Waals surface area contributed by atoms with Crippen LogP contribution in [-0.4, -0.2) is 41.1 Å². The van der Waals surface area contributed by atoms with Gasteiger partial charge in [0.1, 0.15) is 12.5 Å². The van der Waals surface area contributed by atoms with E-state index in [-0.39, 0.29) is 38.3 Å². The van der Waals surface area contributed by atoms with Gasteiger partial charge in [0.25, 0.3) is 5.91 Å². The maximum atomic E-state index is 11.8. The molecule has 25 heavy (non-hydrogen) atoms. The molecule has 0 spiro atoms. The predicted octanol–water partition coefficient (Wildman–Crippen LogP) is 0.484. The van der Waals surface area contributed by atoms with Crippen molar-refractivity contribution in [2.45, 2.75) is 25.9 Å².